The number of pyridine rings is 1. The maximum Gasteiger partial charge on any atom is 0.153 e. The van der Waals surface area contributed by atoms with Gasteiger partial charge in [-0.05, 0) is 37.8 Å². The van der Waals surface area contributed by atoms with Crippen LogP contribution in [0.25, 0.3) is 11.3 Å². The second-order valence-corrected chi connectivity index (χ2v) is 4.84. The molecule has 4 heteroatoms. The highest BCUT2D eigenvalue weighted by Crippen LogP contribution is 2.39. The van der Waals surface area contributed by atoms with Crippen LogP contribution in [0.15, 0.2) is 30.7 Å². The molecule has 0 amide bonds. The van der Waals surface area contributed by atoms with Crippen LogP contribution in [0.4, 0.5) is 0 Å². The SMILES string of the molecule is CC(C1CC1)n1cc(C=O)c(-c2ccncc2)n1. The molecule has 2 aromatic rings. The number of aldehydes is 1. The highest BCUT2D eigenvalue weighted by Gasteiger charge is 2.30. The first-order valence-electron chi connectivity index (χ1n) is 6.24. The molecule has 92 valence electrons. The molecule has 1 unspecified atom stereocenters. The lowest BCUT2D eigenvalue weighted by Gasteiger charge is -2.09. The molecule has 0 spiro atoms. The molecule has 2 heterocycles. The minimum atomic E-state index is 0.374. The van der Waals surface area contributed by atoms with Crippen LogP contribution in [-0.2, 0) is 0 Å². The third-order valence-electron chi connectivity index (χ3n) is 3.56. The van der Waals surface area contributed by atoms with Gasteiger partial charge in [-0.3, -0.25) is 14.5 Å². The Bertz CT molecular complexity index is 558. The maximum atomic E-state index is 11.2. The van der Waals surface area contributed by atoms with E-state index in [0.29, 0.717) is 11.6 Å². The first-order valence-corrected chi connectivity index (χ1v) is 6.24. The summed E-state index contributed by atoms with van der Waals surface area (Å²) < 4.78 is 1.93. The topological polar surface area (TPSA) is 47.8 Å². The lowest BCUT2D eigenvalue weighted by molar-refractivity contribution is 0.112. The van der Waals surface area contributed by atoms with Crippen LogP contribution in [0.1, 0.15) is 36.2 Å². The molecule has 1 aliphatic rings. The molecule has 18 heavy (non-hydrogen) atoms. The van der Waals surface area contributed by atoms with Gasteiger partial charge in [-0.25, -0.2) is 0 Å². The number of nitrogens with zero attached hydrogens (tertiary/aromatic N) is 3. The molecule has 0 saturated heterocycles. The van der Waals surface area contributed by atoms with E-state index in [9.17, 15) is 4.79 Å². The Morgan fingerprint density at radius 1 is 1.39 bits per heavy atom. The number of aromatic nitrogens is 3. The van der Waals surface area contributed by atoms with Gasteiger partial charge in [-0.2, -0.15) is 5.10 Å². The van der Waals surface area contributed by atoms with Crippen molar-refractivity contribution in [3.8, 4) is 11.3 Å². The Morgan fingerprint density at radius 3 is 2.72 bits per heavy atom. The fourth-order valence-electron chi connectivity index (χ4n) is 2.23. The van der Waals surface area contributed by atoms with E-state index in [2.05, 4.69) is 17.0 Å². The Morgan fingerprint density at radius 2 is 2.11 bits per heavy atom. The highest BCUT2D eigenvalue weighted by molar-refractivity contribution is 5.85. The van der Waals surface area contributed by atoms with E-state index in [1.165, 1.54) is 12.8 Å². The van der Waals surface area contributed by atoms with Gasteiger partial charge >= 0.3 is 0 Å². The van der Waals surface area contributed by atoms with Gasteiger partial charge in [0.25, 0.3) is 0 Å². The van der Waals surface area contributed by atoms with E-state index in [4.69, 9.17) is 0 Å². The molecule has 1 saturated carbocycles. The number of hydrogen-bond acceptors (Lipinski definition) is 3. The summed E-state index contributed by atoms with van der Waals surface area (Å²) in [6.45, 7) is 2.16. The van der Waals surface area contributed by atoms with Crippen molar-refractivity contribution in [2.45, 2.75) is 25.8 Å². The Balaban J connectivity index is 2.01. The van der Waals surface area contributed by atoms with Crippen LogP contribution in [0.3, 0.4) is 0 Å². The summed E-state index contributed by atoms with van der Waals surface area (Å²) in [4.78, 5) is 15.1. The van der Waals surface area contributed by atoms with Gasteiger partial charge in [0.05, 0.1) is 11.6 Å². The largest absolute Gasteiger partial charge is 0.298 e. The van der Waals surface area contributed by atoms with Gasteiger partial charge in [0.15, 0.2) is 6.29 Å². The van der Waals surface area contributed by atoms with Crippen LogP contribution in [-0.4, -0.2) is 21.1 Å². The van der Waals surface area contributed by atoms with Crippen molar-refractivity contribution in [1.29, 1.82) is 0 Å². The van der Waals surface area contributed by atoms with E-state index >= 15 is 0 Å². The Hall–Kier alpha value is -1.97. The summed E-state index contributed by atoms with van der Waals surface area (Å²) in [5.41, 5.74) is 2.34. The second kappa shape index (κ2) is 4.37. The molecule has 2 aromatic heterocycles. The standard InChI is InChI=1S/C14H15N3O/c1-10(11-2-3-11)17-8-13(9-18)14(16-17)12-4-6-15-7-5-12/h4-11H,2-3H2,1H3. The van der Waals surface area contributed by atoms with Gasteiger partial charge < -0.3 is 0 Å². The zero-order valence-electron chi connectivity index (χ0n) is 10.3. The normalized spacial score (nSPS) is 16.5. The lowest BCUT2D eigenvalue weighted by atomic mass is 10.1. The minimum absolute atomic E-state index is 0.374. The van der Waals surface area contributed by atoms with E-state index in [1.807, 2.05) is 23.0 Å². The molecule has 0 bridgehead atoms. The van der Waals surface area contributed by atoms with Gasteiger partial charge in [0.2, 0.25) is 0 Å². The monoisotopic (exact) mass is 241 g/mol. The minimum Gasteiger partial charge on any atom is -0.298 e. The zero-order chi connectivity index (χ0) is 12.5. The summed E-state index contributed by atoms with van der Waals surface area (Å²) in [6.07, 6.45) is 8.69. The number of hydrogen-bond donors (Lipinski definition) is 0. The molecular weight excluding hydrogens is 226 g/mol. The van der Waals surface area contributed by atoms with Crippen molar-refractivity contribution in [1.82, 2.24) is 14.8 Å². The molecule has 0 radical (unpaired) electrons. The van der Waals surface area contributed by atoms with Crippen molar-refractivity contribution in [3.63, 3.8) is 0 Å². The van der Waals surface area contributed by atoms with Crippen molar-refractivity contribution in [2.75, 3.05) is 0 Å². The fraction of sp³-hybridized carbons (Fsp3) is 0.357. The van der Waals surface area contributed by atoms with Crippen molar-refractivity contribution in [3.05, 3.63) is 36.3 Å². The van der Waals surface area contributed by atoms with E-state index < -0.39 is 0 Å². The molecule has 1 aliphatic carbocycles. The first kappa shape index (κ1) is 11.1. The van der Waals surface area contributed by atoms with Crippen LogP contribution in [0.2, 0.25) is 0 Å². The van der Waals surface area contributed by atoms with E-state index in [-0.39, 0.29) is 0 Å². The molecule has 1 atom stereocenters. The number of rotatable bonds is 4. The molecule has 0 aliphatic heterocycles. The second-order valence-electron chi connectivity index (χ2n) is 4.84. The Labute approximate surface area is 106 Å². The van der Waals surface area contributed by atoms with Gasteiger partial charge in [0.1, 0.15) is 5.69 Å². The smallest absolute Gasteiger partial charge is 0.153 e. The fourth-order valence-corrected chi connectivity index (χ4v) is 2.23. The van der Waals surface area contributed by atoms with Crippen LogP contribution < -0.4 is 0 Å². The molecule has 1 fully saturated rings. The third kappa shape index (κ3) is 1.94. The van der Waals surface area contributed by atoms with Crippen LogP contribution in [0, 0.1) is 5.92 Å². The molecule has 0 N–H and O–H groups in total. The number of carbonyl (C=O) groups excluding carboxylic acids is 1. The van der Waals surface area contributed by atoms with Gasteiger partial charge in [0, 0.05) is 24.2 Å². The van der Waals surface area contributed by atoms with E-state index in [0.717, 1.165) is 23.5 Å². The van der Waals surface area contributed by atoms with Crippen LogP contribution in [0.5, 0.6) is 0 Å². The summed E-state index contributed by atoms with van der Waals surface area (Å²) in [5.74, 6) is 0.717. The predicted octanol–water partition coefficient (Wildman–Crippen LogP) is 2.73. The highest BCUT2D eigenvalue weighted by atomic mass is 16.1. The average Bonchev–Trinajstić information content (AvgIpc) is 3.17. The first-order chi connectivity index (χ1) is 8.79. The lowest BCUT2D eigenvalue weighted by Crippen LogP contribution is -2.07. The van der Waals surface area contributed by atoms with Crippen molar-refractivity contribution in [2.24, 2.45) is 5.92 Å². The maximum absolute atomic E-state index is 11.2. The summed E-state index contributed by atoms with van der Waals surface area (Å²) >= 11 is 0. The van der Waals surface area contributed by atoms with Crippen LogP contribution >= 0.6 is 0 Å². The quantitative estimate of drug-likeness (QED) is 0.773. The van der Waals surface area contributed by atoms with Crippen molar-refractivity contribution < 1.29 is 4.79 Å². The summed E-state index contributed by atoms with van der Waals surface area (Å²) in [6, 6.07) is 4.13. The van der Waals surface area contributed by atoms with Crippen molar-refractivity contribution >= 4 is 6.29 Å². The van der Waals surface area contributed by atoms with Gasteiger partial charge in [-0.1, -0.05) is 0 Å². The third-order valence-corrected chi connectivity index (χ3v) is 3.56. The molecular formula is C14H15N3O. The molecule has 0 aromatic carbocycles. The predicted molar refractivity (Wildman–Crippen MR) is 68.3 cm³/mol. The Kier molecular flexibility index (Phi) is 2.70. The van der Waals surface area contributed by atoms with E-state index in [1.54, 1.807) is 12.4 Å². The zero-order valence-corrected chi connectivity index (χ0v) is 10.3. The summed E-state index contributed by atoms with van der Waals surface area (Å²) in [5, 5.41) is 4.57. The molecule has 3 rings (SSSR count). The summed E-state index contributed by atoms with van der Waals surface area (Å²) in [7, 11) is 0. The average molecular weight is 241 g/mol. The number of carbonyl (C=O) groups is 1. The molecule has 4 nitrogen and oxygen atoms in total. The van der Waals surface area contributed by atoms with Gasteiger partial charge in [-0.15, -0.1) is 0 Å².